The van der Waals surface area contributed by atoms with E-state index in [9.17, 15) is 9.59 Å². The van der Waals surface area contributed by atoms with Crippen LogP contribution in [0, 0.1) is 13.8 Å². The van der Waals surface area contributed by atoms with Crippen LogP contribution in [0.4, 0.5) is 5.69 Å². The standard InChI is InChI=1S/C19H23N3O2/c1-14-4-5-15(2)18(12-14)21-19(24)8-11-22(16(3)23)13-17-6-9-20-10-7-17/h4-7,9-10,12H,8,11,13H2,1-3H3,(H,21,24). The number of anilines is 1. The number of aromatic nitrogens is 1. The summed E-state index contributed by atoms with van der Waals surface area (Å²) in [5.74, 6) is -0.143. The van der Waals surface area contributed by atoms with Gasteiger partial charge in [0.2, 0.25) is 11.8 Å². The maximum absolute atomic E-state index is 12.2. The number of amides is 2. The summed E-state index contributed by atoms with van der Waals surface area (Å²) in [6, 6.07) is 9.68. The molecular weight excluding hydrogens is 302 g/mol. The van der Waals surface area contributed by atoms with Crippen LogP contribution < -0.4 is 5.32 Å². The summed E-state index contributed by atoms with van der Waals surface area (Å²) in [5, 5.41) is 2.92. The van der Waals surface area contributed by atoms with Gasteiger partial charge in [-0.2, -0.15) is 0 Å². The average Bonchev–Trinajstić information content (AvgIpc) is 2.55. The third kappa shape index (κ3) is 5.19. The lowest BCUT2D eigenvalue weighted by atomic mass is 10.1. The van der Waals surface area contributed by atoms with E-state index in [1.165, 1.54) is 6.92 Å². The molecule has 0 fully saturated rings. The van der Waals surface area contributed by atoms with Crippen molar-refractivity contribution in [1.82, 2.24) is 9.88 Å². The van der Waals surface area contributed by atoms with Crippen LogP contribution in [0.25, 0.3) is 0 Å². The van der Waals surface area contributed by atoms with Crippen LogP contribution in [0.15, 0.2) is 42.7 Å². The van der Waals surface area contributed by atoms with Crippen molar-refractivity contribution >= 4 is 17.5 Å². The number of nitrogens with zero attached hydrogens (tertiary/aromatic N) is 2. The quantitative estimate of drug-likeness (QED) is 0.888. The summed E-state index contributed by atoms with van der Waals surface area (Å²) in [5.41, 5.74) is 3.94. The van der Waals surface area contributed by atoms with Gasteiger partial charge in [-0.05, 0) is 48.7 Å². The predicted octanol–water partition coefficient (Wildman–Crippen LogP) is 3.08. The third-order valence-electron chi connectivity index (χ3n) is 3.84. The molecule has 0 saturated carbocycles. The molecule has 1 N–H and O–H groups in total. The first-order valence-corrected chi connectivity index (χ1v) is 7.97. The van der Waals surface area contributed by atoms with Crippen LogP contribution >= 0.6 is 0 Å². The van der Waals surface area contributed by atoms with Crippen LogP contribution in [-0.4, -0.2) is 28.2 Å². The zero-order valence-corrected chi connectivity index (χ0v) is 14.4. The second kappa shape index (κ2) is 8.24. The van der Waals surface area contributed by atoms with Gasteiger partial charge in [-0.25, -0.2) is 0 Å². The first-order chi connectivity index (χ1) is 11.5. The van der Waals surface area contributed by atoms with Crippen molar-refractivity contribution in [2.24, 2.45) is 0 Å². The van der Waals surface area contributed by atoms with Crippen molar-refractivity contribution in [2.75, 3.05) is 11.9 Å². The predicted molar refractivity (Wildman–Crippen MR) is 94.5 cm³/mol. The van der Waals surface area contributed by atoms with Crippen LogP contribution in [0.3, 0.4) is 0 Å². The molecule has 2 amide bonds. The summed E-state index contributed by atoms with van der Waals surface area (Å²) in [7, 11) is 0. The van der Waals surface area contributed by atoms with E-state index >= 15 is 0 Å². The van der Waals surface area contributed by atoms with E-state index in [-0.39, 0.29) is 18.2 Å². The molecule has 0 aliphatic heterocycles. The minimum Gasteiger partial charge on any atom is -0.338 e. The van der Waals surface area contributed by atoms with E-state index in [4.69, 9.17) is 0 Å². The lowest BCUT2D eigenvalue weighted by Gasteiger charge is -2.21. The van der Waals surface area contributed by atoms with Crippen LogP contribution in [0.5, 0.6) is 0 Å². The summed E-state index contributed by atoms with van der Waals surface area (Å²) in [6.07, 6.45) is 3.65. The number of aryl methyl sites for hydroxylation is 2. The molecule has 1 aromatic carbocycles. The minimum absolute atomic E-state index is 0.0497. The highest BCUT2D eigenvalue weighted by molar-refractivity contribution is 5.92. The maximum Gasteiger partial charge on any atom is 0.226 e. The first-order valence-electron chi connectivity index (χ1n) is 7.97. The molecule has 2 aromatic rings. The SMILES string of the molecule is CC(=O)N(CCC(=O)Nc1cc(C)ccc1C)Cc1ccncc1. The number of hydrogen-bond donors (Lipinski definition) is 1. The zero-order valence-electron chi connectivity index (χ0n) is 14.4. The molecule has 0 atom stereocenters. The van der Waals surface area contributed by atoms with Gasteiger partial charge in [-0.1, -0.05) is 12.1 Å². The molecule has 0 radical (unpaired) electrons. The lowest BCUT2D eigenvalue weighted by Crippen LogP contribution is -2.31. The van der Waals surface area contributed by atoms with Crippen molar-refractivity contribution in [2.45, 2.75) is 33.7 Å². The normalized spacial score (nSPS) is 10.3. The van der Waals surface area contributed by atoms with Crippen molar-refractivity contribution in [3.63, 3.8) is 0 Å². The van der Waals surface area contributed by atoms with Crippen LogP contribution in [0.1, 0.15) is 30.0 Å². The Hall–Kier alpha value is -2.69. The zero-order chi connectivity index (χ0) is 17.5. The van der Waals surface area contributed by atoms with Gasteiger partial charge >= 0.3 is 0 Å². The maximum atomic E-state index is 12.2. The molecule has 0 aliphatic rings. The van der Waals surface area contributed by atoms with Gasteiger partial charge in [0.1, 0.15) is 0 Å². The van der Waals surface area contributed by atoms with Gasteiger partial charge in [-0.15, -0.1) is 0 Å². The molecule has 0 unspecified atom stereocenters. The van der Waals surface area contributed by atoms with Crippen LogP contribution in [-0.2, 0) is 16.1 Å². The lowest BCUT2D eigenvalue weighted by molar-refractivity contribution is -0.129. The van der Waals surface area contributed by atoms with Crippen molar-refractivity contribution in [1.29, 1.82) is 0 Å². The molecular formula is C19H23N3O2. The minimum atomic E-state index is -0.0929. The fourth-order valence-corrected chi connectivity index (χ4v) is 2.38. The Morgan fingerprint density at radius 3 is 2.50 bits per heavy atom. The van der Waals surface area contributed by atoms with Crippen molar-refractivity contribution in [3.8, 4) is 0 Å². The van der Waals surface area contributed by atoms with Crippen molar-refractivity contribution in [3.05, 3.63) is 59.4 Å². The molecule has 5 nitrogen and oxygen atoms in total. The highest BCUT2D eigenvalue weighted by Crippen LogP contribution is 2.16. The molecule has 0 saturated heterocycles. The molecule has 126 valence electrons. The Morgan fingerprint density at radius 1 is 1.12 bits per heavy atom. The molecule has 2 rings (SSSR count). The molecule has 0 spiro atoms. The molecule has 24 heavy (non-hydrogen) atoms. The van der Waals surface area contributed by atoms with E-state index < -0.39 is 0 Å². The van der Waals surface area contributed by atoms with Gasteiger partial charge in [0.25, 0.3) is 0 Å². The molecule has 1 aromatic heterocycles. The largest absolute Gasteiger partial charge is 0.338 e. The Balaban J connectivity index is 1.92. The van der Waals surface area contributed by atoms with E-state index in [2.05, 4.69) is 10.3 Å². The van der Waals surface area contributed by atoms with E-state index in [0.29, 0.717) is 13.1 Å². The molecule has 0 aliphatic carbocycles. The molecule has 0 bridgehead atoms. The second-order valence-corrected chi connectivity index (χ2v) is 5.91. The average molecular weight is 325 g/mol. The van der Waals surface area contributed by atoms with Gasteiger partial charge in [0.05, 0.1) is 0 Å². The Labute approximate surface area is 142 Å². The number of pyridine rings is 1. The summed E-state index contributed by atoms with van der Waals surface area (Å²) in [4.78, 5) is 29.6. The van der Waals surface area contributed by atoms with Gasteiger partial charge in [0.15, 0.2) is 0 Å². The van der Waals surface area contributed by atoms with Crippen molar-refractivity contribution < 1.29 is 9.59 Å². The van der Waals surface area contributed by atoms with E-state index in [1.807, 2.05) is 44.2 Å². The number of hydrogen-bond acceptors (Lipinski definition) is 3. The summed E-state index contributed by atoms with van der Waals surface area (Å²) < 4.78 is 0. The Bertz CT molecular complexity index is 714. The Morgan fingerprint density at radius 2 is 1.83 bits per heavy atom. The molecule has 1 heterocycles. The third-order valence-corrected chi connectivity index (χ3v) is 3.84. The number of carbonyl (C=O) groups is 2. The molecule has 5 heteroatoms. The monoisotopic (exact) mass is 325 g/mol. The van der Waals surface area contributed by atoms with E-state index in [1.54, 1.807) is 17.3 Å². The van der Waals surface area contributed by atoms with E-state index in [0.717, 1.165) is 22.4 Å². The fraction of sp³-hybridized carbons (Fsp3) is 0.316. The highest BCUT2D eigenvalue weighted by atomic mass is 16.2. The second-order valence-electron chi connectivity index (χ2n) is 5.91. The summed E-state index contributed by atoms with van der Waals surface area (Å²) >= 11 is 0. The summed E-state index contributed by atoms with van der Waals surface area (Å²) in [6.45, 7) is 6.33. The van der Waals surface area contributed by atoms with Gasteiger partial charge in [-0.3, -0.25) is 14.6 Å². The topological polar surface area (TPSA) is 62.3 Å². The number of carbonyl (C=O) groups excluding carboxylic acids is 2. The highest BCUT2D eigenvalue weighted by Gasteiger charge is 2.12. The van der Waals surface area contributed by atoms with Gasteiger partial charge < -0.3 is 10.2 Å². The van der Waals surface area contributed by atoms with Crippen LogP contribution in [0.2, 0.25) is 0 Å². The number of nitrogens with one attached hydrogen (secondary N) is 1. The van der Waals surface area contributed by atoms with Gasteiger partial charge in [0, 0.05) is 44.5 Å². The fourth-order valence-electron chi connectivity index (χ4n) is 2.38. The smallest absolute Gasteiger partial charge is 0.226 e. The number of rotatable bonds is 6. The Kier molecular flexibility index (Phi) is 6.07. The first kappa shape index (κ1) is 17.7. The number of benzene rings is 1.